The van der Waals surface area contributed by atoms with Crippen molar-refractivity contribution in [2.45, 2.75) is 19.8 Å². The Morgan fingerprint density at radius 3 is 3.00 bits per heavy atom. The molecule has 1 heterocycles. The average Bonchev–Trinajstić information content (AvgIpc) is 2.23. The van der Waals surface area contributed by atoms with Crippen molar-refractivity contribution in [1.29, 1.82) is 0 Å². The van der Waals surface area contributed by atoms with Gasteiger partial charge in [0.05, 0.1) is 5.69 Å². The fourth-order valence-electron chi connectivity index (χ4n) is 1.48. The molecule has 0 saturated carbocycles. The monoisotopic (exact) mass is 188 g/mol. The van der Waals surface area contributed by atoms with Crippen molar-refractivity contribution in [3.63, 3.8) is 0 Å². The topological polar surface area (TPSA) is 45.8 Å². The van der Waals surface area contributed by atoms with Gasteiger partial charge >= 0.3 is 0 Å². The number of hydrogen-bond donors (Lipinski definition) is 1. The second-order valence-electron chi connectivity index (χ2n) is 3.42. The lowest BCUT2D eigenvalue weighted by Gasteiger charge is -2.07. The summed E-state index contributed by atoms with van der Waals surface area (Å²) in [7, 11) is 0. The number of aromatic amines is 1. The molecule has 1 aliphatic carbocycles. The average molecular weight is 188 g/mol. The number of aryl methyl sites for hydroxylation is 1. The van der Waals surface area contributed by atoms with Crippen LogP contribution in [0.25, 0.3) is 5.57 Å². The van der Waals surface area contributed by atoms with Crippen molar-refractivity contribution in [3.05, 3.63) is 45.9 Å². The first kappa shape index (κ1) is 8.94. The van der Waals surface area contributed by atoms with Gasteiger partial charge in [-0.05, 0) is 31.4 Å². The van der Waals surface area contributed by atoms with Gasteiger partial charge in [0.25, 0.3) is 5.56 Å². The van der Waals surface area contributed by atoms with Crippen molar-refractivity contribution in [3.8, 4) is 0 Å². The molecule has 0 amide bonds. The number of H-pyrrole nitrogens is 1. The standard InChI is InChI=1S/C11H12N2O/c1-8-7-10(12-13-11(8)14)9-5-3-2-4-6-9/h2-3,5,7H,4,6H2,1H3,(H,13,14). The van der Waals surface area contributed by atoms with E-state index in [-0.39, 0.29) is 5.56 Å². The van der Waals surface area contributed by atoms with Gasteiger partial charge in [0.15, 0.2) is 0 Å². The van der Waals surface area contributed by atoms with E-state index in [9.17, 15) is 4.79 Å². The van der Waals surface area contributed by atoms with Crippen LogP contribution in [-0.4, -0.2) is 10.2 Å². The quantitative estimate of drug-likeness (QED) is 0.730. The molecule has 0 bridgehead atoms. The van der Waals surface area contributed by atoms with Crippen LogP contribution < -0.4 is 5.56 Å². The van der Waals surface area contributed by atoms with E-state index in [1.54, 1.807) is 6.92 Å². The van der Waals surface area contributed by atoms with Gasteiger partial charge in [-0.1, -0.05) is 18.2 Å². The zero-order valence-electron chi connectivity index (χ0n) is 8.08. The number of rotatable bonds is 1. The first-order chi connectivity index (χ1) is 6.77. The van der Waals surface area contributed by atoms with Gasteiger partial charge in [-0.25, -0.2) is 5.10 Å². The van der Waals surface area contributed by atoms with E-state index in [0.29, 0.717) is 5.56 Å². The van der Waals surface area contributed by atoms with Crippen LogP contribution in [0.1, 0.15) is 24.1 Å². The number of allylic oxidation sites excluding steroid dienone is 4. The Hall–Kier alpha value is -1.64. The van der Waals surface area contributed by atoms with Crippen LogP contribution in [0.3, 0.4) is 0 Å². The number of nitrogens with one attached hydrogen (secondary N) is 1. The first-order valence-corrected chi connectivity index (χ1v) is 4.70. The third kappa shape index (κ3) is 1.66. The van der Waals surface area contributed by atoms with Gasteiger partial charge < -0.3 is 0 Å². The number of aromatic nitrogens is 2. The summed E-state index contributed by atoms with van der Waals surface area (Å²) in [5, 5.41) is 6.52. The maximum absolute atomic E-state index is 11.1. The summed E-state index contributed by atoms with van der Waals surface area (Å²) in [6.45, 7) is 1.79. The van der Waals surface area contributed by atoms with Crippen molar-refractivity contribution >= 4 is 5.57 Å². The van der Waals surface area contributed by atoms with Crippen molar-refractivity contribution < 1.29 is 0 Å². The van der Waals surface area contributed by atoms with Gasteiger partial charge in [-0.2, -0.15) is 5.10 Å². The Morgan fingerprint density at radius 1 is 1.50 bits per heavy atom. The minimum absolute atomic E-state index is 0.110. The molecule has 0 atom stereocenters. The minimum atomic E-state index is -0.110. The zero-order chi connectivity index (χ0) is 9.97. The third-order valence-corrected chi connectivity index (χ3v) is 2.33. The molecule has 3 heteroatoms. The van der Waals surface area contributed by atoms with E-state index in [1.807, 2.05) is 18.2 Å². The zero-order valence-corrected chi connectivity index (χ0v) is 8.08. The van der Waals surface area contributed by atoms with E-state index in [2.05, 4.69) is 16.3 Å². The molecule has 0 aliphatic heterocycles. The molecule has 2 rings (SSSR count). The summed E-state index contributed by atoms with van der Waals surface area (Å²) < 4.78 is 0. The molecule has 3 nitrogen and oxygen atoms in total. The second kappa shape index (κ2) is 3.62. The summed E-state index contributed by atoms with van der Waals surface area (Å²) in [5.74, 6) is 0. The highest BCUT2D eigenvalue weighted by atomic mass is 16.1. The normalized spacial score (nSPS) is 15.4. The third-order valence-electron chi connectivity index (χ3n) is 2.33. The van der Waals surface area contributed by atoms with Gasteiger partial charge in [0.2, 0.25) is 0 Å². The molecule has 1 aromatic rings. The lowest BCUT2D eigenvalue weighted by atomic mass is 10.0. The van der Waals surface area contributed by atoms with Gasteiger partial charge in [-0.3, -0.25) is 4.79 Å². The van der Waals surface area contributed by atoms with Crippen LogP contribution in [0.4, 0.5) is 0 Å². The van der Waals surface area contributed by atoms with Crippen LogP contribution >= 0.6 is 0 Å². The summed E-state index contributed by atoms with van der Waals surface area (Å²) in [5.41, 5.74) is 2.67. The van der Waals surface area contributed by atoms with Gasteiger partial charge in [0.1, 0.15) is 0 Å². The van der Waals surface area contributed by atoms with Crippen LogP contribution in [0.2, 0.25) is 0 Å². The summed E-state index contributed by atoms with van der Waals surface area (Å²) in [6.07, 6.45) is 8.24. The van der Waals surface area contributed by atoms with Gasteiger partial charge in [0, 0.05) is 5.56 Å². The first-order valence-electron chi connectivity index (χ1n) is 4.70. The molecule has 1 aromatic heterocycles. The molecule has 14 heavy (non-hydrogen) atoms. The largest absolute Gasteiger partial charge is 0.268 e. The fourth-order valence-corrected chi connectivity index (χ4v) is 1.48. The number of nitrogens with zero attached hydrogens (tertiary/aromatic N) is 1. The predicted molar refractivity (Wildman–Crippen MR) is 55.9 cm³/mol. The highest BCUT2D eigenvalue weighted by molar-refractivity contribution is 5.65. The molecule has 0 spiro atoms. The second-order valence-corrected chi connectivity index (χ2v) is 3.42. The highest BCUT2D eigenvalue weighted by Crippen LogP contribution is 2.20. The maximum Gasteiger partial charge on any atom is 0.267 e. The molecule has 0 aromatic carbocycles. The minimum Gasteiger partial charge on any atom is -0.268 e. The molecule has 1 aliphatic rings. The molecule has 72 valence electrons. The predicted octanol–water partition coefficient (Wildman–Crippen LogP) is 1.81. The molecule has 0 radical (unpaired) electrons. The molecule has 1 N–H and O–H groups in total. The van der Waals surface area contributed by atoms with Gasteiger partial charge in [-0.15, -0.1) is 0 Å². The Kier molecular flexibility index (Phi) is 2.31. The summed E-state index contributed by atoms with van der Waals surface area (Å²) >= 11 is 0. The van der Waals surface area contributed by atoms with Crippen LogP contribution in [0.15, 0.2) is 29.1 Å². The van der Waals surface area contributed by atoms with Crippen LogP contribution in [0.5, 0.6) is 0 Å². The molecular formula is C11H12N2O. The molecule has 0 saturated heterocycles. The van der Waals surface area contributed by atoms with E-state index in [1.165, 1.54) is 5.57 Å². The van der Waals surface area contributed by atoms with Crippen LogP contribution in [-0.2, 0) is 0 Å². The van der Waals surface area contributed by atoms with Crippen molar-refractivity contribution in [2.24, 2.45) is 0 Å². The Labute approximate surface area is 82.2 Å². The van der Waals surface area contributed by atoms with E-state index in [0.717, 1.165) is 18.5 Å². The molecular weight excluding hydrogens is 176 g/mol. The molecule has 0 fully saturated rings. The van der Waals surface area contributed by atoms with Crippen molar-refractivity contribution in [1.82, 2.24) is 10.2 Å². The van der Waals surface area contributed by atoms with E-state index < -0.39 is 0 Å². The summed E-state index contributed by atoms with van der Waals surface area (Å²) in [4.78, 5) is 11.1. The number of hydrogen-bond acceptors (Lipinski definition) is 2. The van der Waals surface area contributed by atoms with Crippen LogP contribution in [0, 0.1) is 6.92 Å². The lowest BCUT2D eigenvalue weighted by Crippen LogP contribution is -2.12. The Morgan fingerprint density at radius 2 is 2.36 bits per heavy atom. The van der Waals surface area contributed by atoms with E-state index >= 15 is 0 Å². The molecule has 0 unspecified atom stereocenters. The highest BCUT2D eigenvalue weighted by Gasteiger charge is 2.05. The summed E-state index contributed by atoms with van der Waals surface area (Å²) in [6, 6.07) is 1.84. The Balaban J connectivity index is 2.42. The SMILES string of the molecule is Cc1cc(C2=CC=CCC2)n[nH]c1=O. The Bertz CT molecular complexity index is 455. The van der Waals surface area contributed by atoms with Crippen molar-refractivity contribution in [2.75, 3.05) is 0 Å². The maximum atomic E-state index is 11.1. The smallest absolute Gasteiger partial charge is 0.267 e. The lowest BCUT2D eigenvalue weighted by molar-refractivity contribution is 0.932. The fraction of sp³-hybridized carbons (Fsp3) is 0.273. The van der Waals surface area contributed by atoms with E-state index in [4.69, 9.17) is 0 Å².